The highest BCUT2D eigenvalue weighted by molar-refractivity contribution is 7.79. The second kappa shape index (κ2) is 3.35. The summed E-state index contributed by atoms with van der Waals surface area (Å²) in [6.07, 6.45) is 0. The molecule has 1 rings (SSSR count). The molecule has 1 aromatic heterocycles. The summed E-state index contributed by atoms with van der Waals surface area (Å²) in [5.41, 5.74) is 4.06. The van der Waals surface area contributed by atoms with Gasteiger partial charge in [-0.2, -0.15) is 12.6 Å². The van der Waals surface area contributed by atoms with Crippen molar-refractivity contribution in [3.8, 4) is 0 Å². The maximum atomic E-state index is 4.27. The molecule has 0 N–H and O–H groups in total. The standard InChI is InChI=1S/C9H15NS/c1-4-10-7(2)5-9(6-11)8(10)3/h5,11H,4,6H2,1-3H3. The smallest absolute Gasteiger partial charge is 0.0196 e. The van der Waals surface area contributed by atoms with Crippen molar-refractivity contribution in [2.75, 3.05) is 0 Å². The van der Waals surface area contributed by atoms with E-state index in [0.29, 0.717) is 0 Å². The lowest BCUT2D eigenvalue weighted by molar-refractivity contribution is 0.716. The number of aromatic nitrogens is 1. The number of nitrogens with zero attached hydrogens (tertiary/aromatic N) is 1. The summed E-state index contributed by atoms with van der Waals surface area (Å²) in [5.74, 6) is 0.847. The Bertz CT molecular complexity index is 250. The number of aryl methyl sites for hydroxylation is 1. The fourth-order valence-corrected chi connectivity index (χ4v) is 1.84. The number of thiol groups is 1. The molecule has 0 unspecified atom stereocenters. The van der Waals surface area contributed by atoms with Crippen LogP contribution >= 0.6 is 12.6 Å². The van der Waals surface area contributed by atoms with Gasteiger partial charge < -0.3 is 4.57 Å². The molecular formula is C9H15NS. The normalized spacial score (nSPS) is 10.5. The van der Waals surface area contributed by atoms with Gasteiger partial charge in [0, 0.05) is 23.7 Å². The lowest BCUT2D eigenvalue weighted by Gasteiger charge is -2.04. The molecule has 0 aliphatic heterocycles. The minimum absolute atomic E-state index is 0.847. The van der Waals surface area contributed by atoms with Crippen molar-refractivity contribution < 1.29 is 0 Å². The topological polar surface area (TPSA) is 4.93 Å². The van der Waals surface area contributed by atoms with Gasteiger partial charge in [0.05, 0.1) is 0 Å². The van der Waals surface area contributed by atoms with E-state index in [9.17, 15) is 0 Å². The van der Waals surface area contributed by atoms with Crippen LogP contribution < -0.4 is 0 Å². The Morgan fingerprint density at radius 1 is 1.45 bits per heavy atom. The van der Waals surface area contributed by atoms with Crippen LogP contribution in [0.3, 0.4) is 0 Å². The van der Waals surface area contributed by atoms with Gasteiger partial charge in [-0.1, -0.05) is 0 Å². The van der Waals surface area contributed by atoms with Crippen molar-refractivity contribution in [3.63, 3.8) is 0 Å². The fourth-order valence-electron chi connectivity index (χ4n) is 1.52. The van der Waals surface area contributed by atoms with E-state index in [0.717, 1.165) is 12.3 Å². The molecule has 0 aliphatic rings. The minimum atomic E-state index is 0.847. The van der Waals surface area contributed by atoms with Crippen molar-refractivity contribution in [1.29, 1.82) is 0 Å². The zero-order valence-electron chi connectivity index (χ0n) is 7.39. The molecule has 0 amide bonds. The Kier molecular flexibility index (Phi) is 2.66. The molecule has 62 valence electrons. The van der Waals surface area contributed by atoms with Crippen LogP contribution in [0.2, 0.25) is 0 Å². The van der Waals surface area contributed by atoms with E-state index in [-0.39, 0.29) is 0 Å². The molecule has 0 spiro atoms. The first-order valence-electron chi connectivity index (χ1n) is 3.97. The average Bonchev–Trinajstić information content (AvgIpc) is 2.26. The number of hydrogen-bond donors (Lipinski definition) is 1. The van der Waals surface area contributed by atoms with E-state index in [1.165, 1.54) is 17.0 Å². The second-order valence-corrected chi connectivity index (χ2v) is 3.11. The predicted molar refractivity (Wildman–Crippen MR) is 52.3 cm³/mol. The Morgan fingerprint density at radius 2 is 2.09 bits per heavy atom. The Labute approximate surface area is 73.8 Å². The molecule has 0 saturated carbocycles. The summed E-state index contributed by atoms with van der Waals surface area (Å²) in [4.78, 5) is 0. The Hall–Kier alpha value is -0.370. The minimum Gasteiger partial charge on any atom is -0.349 e. The van der Waals surface area contributed by atoms with Crippen LogP contribution in [0.25, 0.3) is 0 Å². The molecule has 1 heterocycles. The van der Waals surface area contributed by atoms with E-state index in [2.05, 4.69) is 44.0 Å². The molecule has 2 heteroatoms. The number of rotatable bonds is 2. The Balaban J connectivity index is 3.14. The molecule has 0 saturated heterocycles. The van der Waals surface area contributed by atoms with Gasteiger partial charge >= 0.3 is 0 Å². The summed E-state index contributed by atoms with van der Waals surface area (Å²) in [6.45, 7) is 7.53. The van der Waals surface area contributed by atoms with Gasteiger partial charge in [-0.3, -0.25) is 0 Å². The molecule has 0 fully saturated rings. The summed E-state index contributed by atoms with van der Waals surface area (Å²) in [6, 6.07) is 2.21. The molecule has 1 nitrogen and oxygen atoms in total. The summed E-state index contributed by atoms with van der Waals surface area (Å²) in [5, 5.41) is 0. The molecule has 11 heavy (non-hydrogen) atoms. The van der Waals surface area contributed by atoms with Crippen molar-refractivity contribution in [3.05, 3.63) is 23.0 Å². The van der Waals surface area contributed by atoms with E-state index in [1.54, 1.807) is 0 Å². The van der Waals surface area contributed by atoms with Crippen molar-refractivity contribution in [2.45, 2.75) is 33.1 Å². The van der Waals surface area contributed by atoms with Crippen LogP contribution in [0.5, 0.6) is 0 Å². The second-order valence-electron chi connectivity index (χ2n) is 2.80. The third-order valence-electron chi connectivity index (χ3n) is 2.17. The van der Waals surface area contributed by atoms with E-state index < -0.39 is 0 Å². The summed E-state index contributed by atoms with van der Waals surface area (Å²) >= 11 is 4.27. The molecule has 0 radical (unpaired) electrons. The number of hydrogen-bond acceptors (Lipinski definition) is 1. The third-order valence-corrected chi connectivity index (χ3v) is 2.51. The zero-order chi connectivity index (χ0) is 8.43. The van der Waals surface area contributed by atoms with E-state index in [1.807, 2.05) is 0 Å². The maximum Gasteiger partial charge on any atom is 0.0196 e. The van der Waals surface area contributed by atoms with Crippen molar-refractivity contribution >= 4 is 12.6 Å². The molecule has 0 bridgehead atoms. The summed E-state index contributed by atoms with van der Waals surface area (Å²) in [7, 11) is 0. The van der Waals surface area contributed by atoms with Gasteiger partial charge in [0.1, 0.15) is 0 Å². The van der Waals surface area contributed by atoms with Crippen LogP contribution in [0.15, 0.2) is 6.07 Å². The van der Waals surface area contributed by atoms with Crippen LogP contribution in [0.4, 0.5) is 0 Å². The van der Waals surface area contributed by atoms with Crippen molar-refractivity contribution in [1.82, 2.24) is 4.57 Å². The fraction of sp³-hybridized carbons (Fsp3) is 0.556. The van der Waals surface area contributed by atoms with Crippen LogP contribution in [-0.4, -0.2) is 4.57 Å². The van der Waals surface area contributed by atoms with Gasteiger partial charge in [0.2, 0.25) is 0 Å². The van der Waals surface area contributed by atoms with Gasteiger partial charge in [-0.25, -0.2) is 0 Å². The van der Waals surface area contributed by atoms with Gasteiger partial charge in [0.15, 0.2) is 0 Å². The first kappa shape index (κ1) is 8.72. The molecule has 0 aliphatic carbocycles. The van der Waals surface area contributed by atoms with Crippen molar-refractivity contribution in [2.24, 2.45) is 0 Å². The monoisotopic (exact) mass is 169 g/mol. The average molecular weight is 169 g/mol. The van der Waals surface area contributed by atoms with Gasteiger partial charge in [-0.15, -0.1) is 0 Å². The lowest BCUT2D eigenvalue weighted by atomic mass is 10.3. The van der Waals surface area contributed by atoms with Crippen LogP contribution in [0, 0.1) is 13.8 Å². The summed E-state index contributed by atoms with van der Waals surface area (Å²) < 4.78 is 2.31. The highest BCUT2D eigenvalue weighted by Gasteiger charge is 2.04. The van der Waals surface area contributed by atoms with E-state index in [4.69, 9.17) is 0 Å². The van der Waals surface area contributed by atoms with Crippen LogP contribution in [-0.2, 0) is 12.3 Å². The largest absolute Gasteiger partial charge is 0.349 e. The van der Waals surface area contributed by atoms with E-state index >= 15 is 0 Å². The molecule has 1 aromatic rings. The van der Waals surface area contributed by atoms with Gasteiger partial charge in [0.25, 0.3) is 0 Å². The maximum absolute atomic E-state index is 4.27. The highest BCUT2D eigenvalue weighted by atomic mass is 32.1. The quantitative estimate of drug-likeness (QED) is 0.649. The molecular weight excluding hydrogens is 154 g/mol. The first-order chi connectivity index (χ1) is 5.20. The van der Waals surface area contributed by atoms with Gasteiger partial charge in [-0.05, 0) is 32.4 Å². The zero-order valence-corrected chi connectivity index (χ0v) is 8.28. The molecule has 0 atom stereocenters. The lowest BCUT2D eigenvalue weighted by Crippen LogP contribution is -1.98. The SMILES string of the molecule is CCn1c(C)cc(CS)c1C. The third kappa shape index (κ3) is 1.45. The molecule has 0 aromatic carbocycles. The Morgan fingerprint density at radius 3 is 2.36 bits per heavy atom. The predicted octanol–water partition coefficient (Wildman–Crippen LogP) is 2.55. The highest BCUT2D eigenvalue weighted by Crippen LogP contribution is 2.16. The first-order valence-corrected chi connectivity index (χ1v) is 4.60. The van der Waals surface area contributed by atoms with Crippen LogP contribution in [0.1, 0.15) is 23.9 Å².